The molecule has 0 saturated heterocycles. The molecule has 8 nitrogen and oxygen atoms in total. The fourth-order valence-electron chi connectivity index (χ4n) is 3.24. The van der Waals surface area contributed by atoms with Gasteiger partial charge in [0, 0.05) is 5.56 Å². The highest BCUT2D eigenvalue weighted by Gasteiger charge is 2.14. The van der Waals surface area contributed by atoms with Gasteiger partial charge in [-0.15, -0.1) is 5.10 Å². The molecule has 4 rings (SSSR count). The number of hydrogen-bond acceptors (Lipinski definition) is 8. The fraction of sp³-hybridized carbons (Fsp3) is 0.261. The molecule has 2 heterocycles. The summed E-state index contributed by atoms with van der Waals surface area (Å²) in [4.78, 5) is 18.0. The van der Waals surface area contributed by atoms with Gasteiger partial charge in [-0.05, 0) is 55.8 Å². The van der Waals surface area contributed by atoms with Crippen LogP contribution in [-0.4, -0.2) is 42.0 Å². The summed E-state index contributed by atoms with van der Waals surface area (Å²) in [5.41, 5.74) is 1.34. The third kappa shape index (κ3) is 4.11. The molecule has 32 heavy (non-hydrogen) atoms. The van der Waals surface area contributed by atoms with Crippen LogP contribution in [0.25, 0.3) is 22.4 Å². The number of hydrogen-bond donors (Lipinski definition) is 0. The molecule has 4 aromatic rings. The summed E-state index contributed by atoms with van der Waals surface area (Å²) < 4.78 is 23.7. The van der Waals surface area contributed by atoms with Crippen molar-refractivity contribution in [2.75, 3.05) is 27.4 Å². The molecule has 2 aromatic carbocycles. The number of benzene rings is 2. The van der Waals surface area contributed by atoms with Crippen molar-refractivity contribution in [3.05, 3.63) is 56.8 Å². The fourth-order valence-corrected chi connectivity index (χ4v) is 4.15. The molecule has 166 valence electrons. The summed E-state index contributed by atoms with van der Waals surface area (Å²) in [5.74, 6) is 2.95. The standard InChI is InChI=1S/C23H23N3O5S/c1-5-30-17-9-7-14(11-19(17)31-6-2)12-20-22(27)26-23(32-20)24-21(25-26)15-8-10-16(28-3)18(13-15)29-4/h7-13H,5-6H2,1-4H3. The highest BCUT2D eigenvalue weighted by molar-refractivity contribution is 7.15. The molecule has 0 N–H and O–H groups in total. The monoisotopic (exact) mass is 453 g/mol. The van der Waals surface area contributed by atoms with Crippen LogP contribution < -0.4 is 29.0 Å². The lowest BCUT2D eigenvalue weighted by Gasteiger charge is -2.11. The number of fused-ring (bicyclic) bond motifs is 1. The van der Waals surface area contributed by atoms with Crippen LogP contribution in [0.1, 0.15) is 19.4 Å². The Balaban J connectivity index is 1.72. The number of methoxy groups -OCH3 is 2. The molecule has 0 unspecified atom stereocenters. The van der Waals surface area contributed by atoms with E-state index in [9.17, 15) is 4.79 Å². The van der Waals surface area contributed by atoms with Crippen molar-refractivity contribution in [3.63, 3.8) is 0 Å². The van der Waals surface area contributed by atoms with E-state index in [4.69, 9.17) is 18.9 Å². The van der Waals surface area contributed by atoms with Gasteiger partial charge in [0.25, 0.3) is 5.56 Å². The quantitative estimate of drug-likeness (QED) is 0.405. The SMILES string of the molecule is CCOc1ccc(C=c2sc3nc(-c4ccc(OC)c(OC)c4)nn3c2=O)cc1OCC. The molecular formula is C23H23N3O5S. The highest BCUT2D eigenvalue weighted by atomic mass is 32.1. The minimum Gasteiger partial charge on any atom is -0.493 e. The molecular weight excluding hydrogens is 430 g/mol. The normalized spacial score (nSPS) is 11.7. The number of rotatable bonds is 8. The lowest BCUT2D eigenvalue weighted by atomic mass is 10.2. The summed E-state index contributed by atoms with van der Waals surface area (Å²) in [5, 5.41) is 4.40. The maximum atomic E-state index is 12.9. The Bertz CT molecular complexity index is 1360. The average molecular weight is 454 g/mol. The maximum Gasteiger partial charge on any atom is 0.291 e. The Hall–Kier alpha value is -3.59. The Labute approximate surface area is 188 Å². The Kier molecular flexibility index (Phi) is 6.27. The Morgan fingerprint density at radius 3 is 2.34 bits per heavy atom. The van der Waals surface area contributed by atoms with E-state index in [2.05, 4.69) is 10.1 Å². The largest absolute Gasteiger partial charge is 0.493 e. The first-order chi connectivity index (χ1) is 15.6. The zero-order valence-electron chi connectivity index (χ0n) is 18.2. The first-order valence-electron chi connectivity index (χ1n) is 10.1. The molecule has 9 heteroatoms. The second kappa shape index (κ2) is 9.27. The van der Waals surface area contributed by atoms with Gasteiger partial charge >= 0.3 is 0 Å². The Morgan fingerprint density at radius 2 is 1.66 bits per heavy atom. The molecule has 2 aromatic heterocycles. The van der Waals surface area contributed by atoms with Crippen molar-refractivity contribution < 1.29 is 18.9 Å². The predicted molar refractivity (Wildman–Crippen MR) is 123 cm³/mol. The Morgan fingerprint density at radius 1 is 0.938 bits per heavy atom. The summed E-state index contributed by atoms with van der Waals surface area (Å²) in [7, 11) is 3.14. The van der Waals surface area contributed by atoms with E-state index in [1.54, 1.807) is 32.4 Å². The summed E-state index contributed by atoms with van der Waals surface area (Å²) >= 11 is 1.28. The molecule has 0 atom stereocenters. The van der Waals surface area contributed by atoms with Gasteiger partial charge in [-0.25, -0.2) is 0 Å². The van der Waals surface area contributed by atoms with Gasteiger partial charge in [0.15, 0.2) is 28.8 Å². The number of nitrogens with zero attached hydrogens (tertiary/aromatic N) is 3. The second-order valence-electron chi connectivity index (χ2n) is 6.69. The van der Waals surface area contributed by atoms with Crippen LogP contribution in [0.4, 0.5) is 0 Å². The van der Waals surface area contributed by atoms with Crippen molar-refractivity contribution in [2.24, 2.45) is 0 Å². The maximum absolute atomic E-state index is 12.9. The van der Waals surface area contributed by atoms with Crippen LogP contribution in [0.15, 0.2) is 41.2 Å². The second-order valence-corrected chi connectivity index (χ2v) is 7.70. The first-order valence-corrected chi connectivity index (χ1v) is 10.9. The van der Waals surface area contributed by atoms with Gasteiger partial charge < -0.3 is 18.9 Å². The van der Waals surface area contributed by atoms with Crippen molar-refractivity contribution in [3.8, 4) is 34.4 Å². The molecule has 0 saturated carbocycles. The van der Waals surface area contributed by atoms with Gasteiger partial charge in [0.05, 0.1) is 32.0 Å². The minimum absolute atomic E-state index is 0.226. The molecule has 0 aliphatic rings. The smallest absolute Gasteiger partial charge is 0.291 e. The third-order valence-electron chi connectivity index (χ3n) is 4.69. The van der Waals surface area contributed by atoms with Crippen LogP contribution in [0, 0.1) is 0 Å². The summed E-state index contributed by atoms with van der Waals surface area (Å²) in [6.45, 7) is 4.90. The molecule has 0 amide bonds. The van der Waals surface area contributed by atoms with Gasteiger partial charge in [-0.2, -0.15) is 9.50 Å². The minimum atomic E-state index is -0.226. The number of thiazole rings is 1. The lowest BCUT2D eigenvalue weighted by Crippen LogP contribution is -2.23. The van der Waals surface area contributed by atoms with Crippen LogP contribution >= 0.6 is 11.3 Å². The zero-order chi connectivity index (χ0) is 22.7. The van der Waals surface area contributed by atoms with E-state index in [0.29, 0.717) is 51.5 Å². The molecule has 0 spiro atoms. The van der Waals surface area contributed by atoms with Crippen molar-refractivity contribution >= 4 is 22.4 Å². The molecule has 0 bridgehead atoms. The van der Waals surface area contributed by atoms with Gasteiger partial charge in [-0.1, -0.05) is 17.4 Å². The van der Waals surface area contributed by atoms with E-state index in [1.807, 2.05) is 38.1 Å². The van der Waals surface area contributed by atoms with E-state index in [0.717, 1.165) is 11.1 Å². The van der Waals surface area contributed by atoms with Crippen molar-refractivity contribution in [1.29, 1.82) is 0 Å². The van der Waals surface area contributed by atoms with E-state index in [-0.39, 0.29) is 5.56 Å². The first kappa shape index (κ1) is 21.6. The molecule has 0 fully saturated rings. The van der Waals surface area contributed by atoms with Crippen LogP contribution in [0.3, 0.4) is 0 Å². The van der Waals surface area contributed by atoms with Crippen molar-refractivity contribution in [1.82, 2.24) is 14.6 Å². The zero-order valence-corrected chi connectivity index (χ0v) is 19.1. The van der Waals surface area contributed by atoms with Gasteiger partial charge in [0.1, 0.15) is 0 Å². The molecule has 0 radical (unpaired) electrons. The highest BCUT2D eigenvalue weighted by Crippen LogP contribution is 2.31. The van der Waals surface area contributed by atoms with Crippen LogP contribution in [0.2, 0.25) is 0 Å². The van der Waals surface area contributed by atoms with E-state index >= 15 is 0 Å². The topological polar surface area (TPSA) is 84.2 Å². The summed E-state index contributed by atoms with van der Waals surface area (Å²) in [6, 6.07) is 11.0. The number of ether oxygens (including phenoxy) is 4. The van der Waals surface area contributed by atoms with E-state index < -0.39 is 0 Å². The molecule has 0 aliphatic carbocycles. The van der Waals surface area contributed by atoms with Crippen molar-refractivity contribution in [2.45, 2.75) is 13.8 Å². The third-order valence-corrected chi connectivity index (χ3v) is 5.65. The predicted octanol–water partition coefficient (Wildman–Crippen LogP) is 3.18. The van der Waals surface area contributed by atoms with Gasteiger partial charge in [-0.3, -0.25) is 4.79 Å². The van der Waals surface area contributed by atoms with E-state index in [1.165, 1.54) is 15.9 Å². The average Bonchev–Trinajstić information content (AvgIpc) is 3.34. The van der Waals surface area contributed by atoms with Crippen LogP contribution in [-0.2, 0) is 0 Å². The number of aromatic nitrogens is 3. The van der Waals surface area contributed by atoms with Gasteiger partial charge in [0.2, 0.25) is 4.96 Å². The summed E-state index contributed by atoms with van der Waals surface area (Å²) in [6.07, 6.45) is 1.80. The molecule has 0 aliphatic heterocycles. The lowest BCUT2D eigenvalue weighted by molar-refractivity contribution is 0.287. The van der Waals surface area contributed by atoms with Crippen LogP contribution in [0.5, 0.6) is 23.0 Å².